The second kappa shape index (κ2) is 8.94. The largest absolute Gasteiger partial charge is 0.416 e. The first-order valence-corrected chi connectivity index (χ1v) is 10.8. The van der Waals surface area contributed by atoms with E-state index < -0.39 is 44.4 Å². The maximum absolute atomic E-state index is 13.1. The molecule has 1 fully saturated rings. The highest BCUT2D eigenvalue weighted by Crippen LogP contribution is 2.37. The zero-order valence-corrected chi connectivity index (χ0v) is 17.8. The summed E-state index contributed by atoms with van der Waals surface area (Å²) in [5.41, 5.74) is -3.39. The molecule has 1 aliphatic rings. The van der Waals surface area contributed by atoms with Gasteiger partial charge in [-0.15, -0.1) is 0 Å². The average molecular weight is 475 g/mol. The Bertz CT molecular complexity index is 875. The van der Waals surface area contributed by atoms with E-state index in [4.69, 9.17) is 0 Å². The number of hydrogen-bond acceptors (Lipinski definition) is 4. The first-order chi connectivity index (χ1) is 14.0. The molecular weight excluding hydrogens is 452 g/mol. The van der Waals surface area contributed by atoms with Crippen LogP contribution in [0.2, 0.25) is 0 Å². The number of nitrogens with one attached hydrogen (secondary N) is 1. The Hall–Kier alpha value is -1.86. The van der Waals surface area contributed by atoms with E-state index in [1.807, 2.05) is 0 Å². The van der Waals surface area contributed by atoms with E-state index in [9.17, 15) is 39.6 Å². The predicted molar refractivity (Wildman–Crippen MR) is 99.5 cm³/mol. The summed E-state index contributed by atoms with van der Waals surface area (Å²) >= 11 is 0. The van der Waals surface area contributed by atoms with E-state index in [0.29, 0.717) is 0 Å². The Labute approximate surface area is 176 Å². The van der Waals surface area contributed by atoms with Gasteiger partial charge in [-0.25, -0.2) is 8.42 Å². The molecule has 1 unspecified atom stereocenters. The van der Waals surface area contributed by atoms with Crippen molar-refractivity contribution in [2.75, 3.05) is 26.2 Å². The number of amides is 1. The normalized spacial score (nSPS) is 18.3. The van der Waals surface area contributed by atoms with Crippen molar-refractivity contribution in [2.45, 2.75) is 50.1 Å². The maximum atomic E-state index is 13.1. The fraction of sp³-hybridized carbons (Fsp3) is 0.611. The summed E-state index contributed by atoms with van der Waals surface area (Å²) in [6.07, 6.45) is -10.3. The van der Waals surface area contributed by atoms with Crippen LogP contribution in [-0.2, 0) is 27.2 Å². The van der Waals surface area contributed by atoms with Gasteiger partial charge in [0.1, 0.15) is 0 Å². The van der Waals surface area contributed by atoms with Gasteiger partial charge in [0, 0.05) is 32.2 Å². The molecule has 1 N–H and O–H groups in total. The molecule has 31 heavy (non-hydrogen) atoms. The van der Waals surface area contributed by atoms with E-state index in [1.54, 1.807) is 25.7 Å². The third-order valence-electron chi connectivity index (χ3n) is 4.83. The number of carbonyl (C=O) groups is 1. The van der Waals surface area contributed by atoms with Gasteiger partial charge in [-0.1, -0.05) is 0 Å². The summed E-state index contributed by atoms with van der Waals surface area (Å²) in [6, 6.07) is -0.380. The zero-order chi connectivity index (χ0) is 23.8. The van der Waals surface area contributed by atoms with Crippen molar-refractivity contribution in [2.24, 2.45) is 0 Å². The maximum Gasteiger partial charge on any atom is 0.416 e. The minimum atomic E-state index is -5.15. The van der Waals surface area contributed by atoms with Gasteiger partial charge < -0.3 is 5.32 Å². The minimum Gasteiger partial charge on any atom is -0.353 e. The van der Waals surface area contributed by atoms with Gasteiger partial charge >= 0.3 is 12.4 Å². The first-order valence-electron chi connectivity index (χ1n) is 9.37. The highest BCUT2D eigenvalue weighted by Gasteiger charge is 2.40. The monoisotopic (exact) mass is 475 g/mol. The van der Waals surface area contributed by atoms with Crippen LogP contribution in [0.25, 0.3) is 0 Å². The van der Waals surface area contributed by atoms with Gasteiger partial charge in [0.25, 0.3) is 0 Å². The van der Waals surface area contributed by atoms with Crippen molar-refractivity contribution in [1.29, 1.82) is 0 Å². The molecular formula is C18H23F6N3O3S. The summed E-state index contributed by atoms with van der Waals surface area (Å²) in [5.74, 6) is -0.265. The lowest BCUT2D eigenvalue weighted by Gasteiger charge is -2.37. The number of hydrogen-bond donors (Lipinski definition) is 1. The van der Waals surface area contributed by atoms with Gasteiger partial charge in [0.2, 0.25) is 15.9 Å². The van der Waals surface area contributed by atoms with E-state index in [1.165, 1.54) is 0 Å². The molecule has 0 aliphatic carbocycles. The molecule has 1 heterocycles. The van der Waals surface area contributed by atoms with Crippen molar-refractivity contribution in [3.05, 3.63) is 29.3 Å². The Kier molecular flexibility index (Phi) is 7.33. The summed E-state index contributed by atoms with van der Waals surface area (Å²) in [4.78, 5) is 12.7. The molecule has 2 rings (SSSR count). The molecule has 0 aromatic heterocycles. The number of halogens is 6. The molecule has 1 aromatic carbocycles. The highest BCUT2D eigenvalue weighted by molar-refractivity contribution is 7.89. The average Bonchev–Trinajstić information content (AvgIpc) is 2.65. The fourth-order valence-electron chi connectivity index (χ4n) is 3.13. The lowest BCUT2D eigenvalue weighted by atomic mass is 10.1. The van der Waals surface area contributed by atoms with Crippen molar-refractivity contribution in [3.8, 4) is 0 Å². The van der Waals surface area contributed by atoms with Gasteiger partial charge in [-0.2, -0.15) is 30.6 Å². The number of benzene rings is 1. The van der Waals surface area contributed by atoms with Crippen LogP contribution in [0.15, 0.2) is 23.1 Å². The Morgan fingerprint density at radius 2 is 1.35 bits per heavy atom. The first kappa shape index (κ1) is 25.4. The Morgan fingerprint density at radius 3 is 1.74 bits per heavy atom. The van der Waals surface area contributed by atoms with Crippen LogP contribution < -0.4 is 5.32 Å². The number of rotatable bonds is 5. The predicted octanol–water partition coefficient (Wildman–Crippen LogP) is 2.94. The summed E-state index contributed by atoms with van der Waals surface area (Å²) in [7, 11) is -4.61. The van der Waals surface area contributed by atoms with Crippen LogP contribution >= 0.6 is 0 Å². The number of alkyl halides is 6. The molecule has 13 heteroatoms. The van der Waals surface area contributed by atoms with E-state index in [0.717, 1.165) is 4.31 Å². The van der Waals surface area contributed by atoms with Crippen LogP contribution in [0.3, 0.4) is 0 Å². The molecule has 1 saturated heterocycles. The molecule has 1 aliphatic heterocycles. The third kappa shape index (κ3) is 6.10. The lowest BCUT2D eigenvalue weighted by Crippen LogP contribution is -2.55. The van der Waals surface area contributed by atoms with E-state index >= 15 is 0 Å². The van der Waals surface area contributed by atoms with E-state index in [2.05, 4.69) is 5.32 Å². The summed E-state index contributed by atoms with van der Waals surface area (Å²) in [6.45, 7) is 5.01. The molecule has 1 aromatic rings. The Balaban J connectivity index is 2.26. The SMILES string of the molecule is CC(C)NC(=O)C(C)N1CCN(S(=O)(=O)c2cc(C(F)(F)F)cc(C(F)(F)F)c2)CC1. The second-order valence-corrected chi connectivity index (χ2v) is 9.46. The van der Waals surface area contributed by atoms with Gasteiger partial charge in [-0.05, 0) is 39.0 Å². The van der Waals surface area contributed by atoms with Crippen molar-refractivity contribution >= 4 is 15.9 Å². The summed E-state index contributed by atoms with van der Waals surface area (Å²) < 4.78 is 105. The smallest absolute Gasteiger partial charge is 0.353 e. The Morgan fingerprint density at radius 1 is 0.903 bits per heavy atom. The molecule has 176 valence electrons. The summed E-state index contributed by atoms with van der Waals surface area (Å²) in [5, 5.41) is 2.72. The van der Waals surface area contributed by atoms with E-state index in [-0.39, 0.29) is 56.3 Å². The van der Waals surface area contributed by atoms with Crippen LogP contribution in [0.1, 0.15) is 31.9 Å². The van der Waals surface area contributed by atoms with Crippen LogP contribution in [-0.4, -0.2) is 61.8 Å². The van der Waals surface area contributed by atoms with Crippen LogP contribution in [0.5, 0.6) is 0 Å². The molecule has 0 saturated carbocycles. The van der Waals surface area contributed by atoms with Crippen molar-refractivity contribution in [1.82, 2.24) is 14.5 Å². The lowest BCUT2D eigenvalue weighted by molar-refractivity contribution is -0.143. The molecule has 0 spiro atoms. The van der Waals surface area contributed by atoms with Crippen molar-refractivity contribution in [3.63, 3.8) is 0 Å². The molecule has 6 nitrogen and oxygen atoms in total. The van der Waals surface area contributed by atoms with Crippen LogP contribution in [0, 0.1) is 0 Å². The van der Waals surface area contributed by atoms with Gasteiger partial charge in [0.15, 0.2) is 0 Å². The number of nitrogens with zero attached hydrogens (tertiary/aromatic N) is 2. The number of sulfonamides is 1. The minimum absolute atomic E-state index is 0.0942. The zero-order valence-electron chi connectivity index (χ0n) is 17.0. The molecule has 1 atom stereocenters. The van der Waals surface area contributed by atoms with Gasteiger partial charge in [-0.3, -0.25) is 9.69 Å². The number of carbonyl (C=O) groups excluding carboxylic acids is 1. The van der Waals surface area contributed by atoms with Gasteiger partial charge in [0.05, 0.1) is 22.1 Å². The second-order valence-electron chi connectivity index (χ2n) is 7.52. The van der Waals surface area contributed by atoms with Crippen molar-refractivity contribution < 1.29 is 39.6 Å². The molecule has 1 amide bonds. The molecule has 0 radical (unpaired) electrons. The number of piperazine rings is 1. The fourth-order valence-corrected chi connectivity index (χ4v) is 4.62. The highest BCUT2D eigenvalue weighted by atomic mass is 32.2. The standard InChI is InChI=1S/C18H23F6N3O3S/c1-11(2)25-16(28)12(3)26-4-6-27(7-5-26)31(29,30)15-9-13(17(19,20)21)8-14(10-15)18(22,23)24/h8-12H,4-7H2,1-3H3,(H,25,28). The third-order valence-corrected chi connectivity index (χ3v) is 6.71. The van der Waals surface area contributed by atoms with Crippen LogP contribution in [0.4, 0.5) is 26.3 Å². The molecule has 0 bridgehead atoms. The topological polar surface area (TPSA) is 69.7 Å². The quantitative estimate of drug-likeness (QED) is 0.665.